The molecule has 0 aromatic heterocycles. The monoisotopic (exact) mass is 600 g/mol. The highest BCUT2D eigenvalue weighted by Crippen LogP contribution is 2.48. The van der Waals surface area contributed by atoms with Crippen LogP contribution in [-0.2, 0) is 20.2 Å². The van der Waals surface area contributed by atoms with Gasteiger partial charge in [0.25, 0.3) is 10.1 Å². The van der Waals surface area contributed by atoms with E-state index in [2.05, 4.69) is 12.1 Å². The van der Waals surface area contributed by atoms with Crippen LogP contribution in [0.15, 0.2) is 88.7 Å². The van der Waals surface area contributed by atoms with Gasteiger partial charge < -0.3 is 4.18 Å². The second-order valence-corrected chi connectivity index (χ2v) is 14.5. The Bertz CT molecular complexity index is 2010. The number of hydrogen-bond acceptors (Lipinski definition) is 5. The number of fused-ring (bicyclic) bond motifs is 3. The molecule has 7 rings (SSSR count). The Morgan fingerprint density at radius 3 is 1.62 bits per heavy atom. The second-order valence-electron chi connectivity index (χ2n) is 11.7. The van der Waals surface area contributed by atoms with Gasteiger partial charge in [0, 0.05) is 21.5 Å². The van der Waals surface area contributed by atoms with Gasteiger partial charge in [0.1, 0.15) is 9.79 Å². The maximum absolute atomic E-state index is 14.8. The highest BCUT2D eigenvalue weighted by atomic mass is 32.2. The zero-order chi connectivity index (χ0) is 29.1. The molecule has 6 nitrogen and oxygen atoms in total. The van der Waals surface area contributed by atoms with Gasteiger partial charge >= 0.3 is 10.1 Å². The zero-order valence-electron chi connectivity index (χ0n) is 23.1. The van der Waals surface area contributed by atoms with E-state index in [4.69, 9.17) is 4.18 Å². The Labute approximate surface area is 246 Å². The number of hydrogen-bond donors (Lipinski definition) is 1. The SMILES string of the molecule is O=S(=O)(O)c1c2ccccc2c(OS(=O)(=O)c2c(C3CCCC3)cc3ccccc3c2C2CCCC2)c2ccccc12. The van der Waals surface area contributed by atoms with Crippen molar-refractivity contribution < 1.29 is 25.6 Å². The topological polar surface area (TPSA) is 97.7 Å². The van der Waals surface area contributed by atoms with E-state index in [1.165, 1.54) is 0 Å². The summed E-state index contributed by atoms with van der Waals surface area (Å²) in [5.41, 5.74) is 1.69. The second kappa shape index (κ2) is 10.4. The quantitative estimate of drug-likeness (QED) is 0.119. The molecule has 0 bridgehead atoms. The molecule has 8 heteroatoms. The minimum Gasteiger partial charge on any atom is -0.378 e. The van der Waals surface area contributed by atoms with Crippen molar-refractivity contribution in [3.05, 3.63) is 90.0 Å². The Hall–Kier alpha value is -3.46. The predicted molar refractivity (Wildman–Crippen MR) is 165 cm³/mol. The summed E-state index contributed by atoms with van der Waals surface area (Å²) in [6.45, 7) is 0. The smallest absolute Gasteiger partial charge is 0.339 e. The Kier molecular flexibility index (Phi) is 6.76. The molecule has 2 aliphatic carbocycles. The van der Waals surface area contributed by atoms with E-state index >= 15 is 0 Å². The van der Waals surface area contributed by atoms with Gasteiger partial charge in [-0.15, -0.1) is 0 Å². The van der Waals surface area contributed by atoms with Crippen LogP contribution in [0.4, 0.5) is 0 Å². The summed E-state index contributed by atoms with van der Waals surface area (Å²) >= 11 is 0. The summed E-state index contributed by atoms with van der Waals surface area (Å²) in [5, 5.41) is 3.01. The largest absolute Gasteiger partial charge is 0.378 e. The molecular weight excluding hydrogens is 569 g/mol. The van der Waals surface area contributed by atoms with Crippen LogP contribution < -0.4 is 4.18 Å². The van der Waals surface area contributed by atoms with Gasteiger partial charge in [-0.3, -0.25) is 4.55 Å². The first-order valence-corrected chi connectivity index (χ1v) is 17.5. The van der Waals surface area contributed by atoms with Gasteiger partial charge in [-0.25, -0.2) is 0 Å². The molecule has 216 valence electrons. The van der Waals surface area contributed by atoms with Crippen molar-refractivity contribution in [2.24, 2.45) is 0 Å². The van der Waals surface area contributed by atoms with Crippen LogP contribution in [-0.4, -0.2) is 21.4 Å². The number of benzene rings is 5. The first kappa shape index (κ1) is 27.4. The summed E-state index contributed by atoms with van der Waals surface area (Å²) in [6.07, 6.45) is 7.94. The first-order chi connectivity index (χ1) is 20.2. The Morgan fingerprint density at radius 1 is 0.595 bits per heavy atom. The van der Waals surface area contributed by atoms with Crippen LogP contribution in [0, 0.1) is 0 Å². The predicted octanol–water partition coefficient (Wildman–Crippen LogP) is 8.48. The third kappa shape index (κ3) is 4.57. The Morgan fingerprint density at radius 2 is 1.07 bits per heavy atom. The molecule has 0 radical (unpaired) electrons. The van der Waals surface area contributed by atoms with Crippen molar-refractivity contribution in [1.29, 1.82) is 0 Å². The van der Waals surface area contributed by atoms with E-state index in [1.807, 2.05) is 18.2 Å². The summed E-state index contributed by atoms with van der Waals surface area (Å²) in [5.74, 6) is 0.301. The average Bonchev–Trinajstić information content (AvgIpc) is 3.71. The standard InChI is InChI=1S/C34H32O6S2/c35-41(36,37)33-28-19-9-7-17-26(28)32(27-18-8-10-20-29(27)33)40-42(38,39)34-30(22-11-1-2-12-22)21-24-15-5-6-16-25(24)31(34)23-13-3-4-14-23/h5-10,15-23H,1-4,11-14H2,(H,35,36,37). The molecule has 0 atom stereocenters. The van der Waals surface area contributed by atoms with E-state index in [0.717, 1.165) is 73.3 Å². The highest BCUT2D eigenvalue weighted by Gasteiger charge is 2.36. The van der Waals surface area contributed by atoms with Gasteiger partial charge in [0.05, 0.1) is 0 Å². The molecule has 5 aromatic rings. The van der Waals surface area contributed by atoms with Gasteiger partial charge in [0.2, 0.25) is 0 Å². The minimum absolute atomic E-state index is 0.0662. The molecule has 0 aliphatic heterocycles. The lowest BCUT2D eigenvalue weighted by Gasteiger charge is -2.25. The third-order valence-corrected chi connectivity index (χ3v) is 11.5. The molecule has 0 amide bonds. The van der Waals surface area contributed by atoms with Crippen LogP contribution in [0.3, 0.4) is 0 Å². The first-order valence-electron chi connectivity index (χ1n) is 14.6. The number of rotatable bonds is 6. The fourth-order valence-electron chi connectivity index (χ4n) is 7.39. The lowest BCUT2D eigenvalue weighted by molar-refractivity contribution is 0.485. The molecule has 0 unspecified atom stereocenters. The average molecular weight is 601 g/mol. The van der Waals surface area contributed by atoms with Crippen LogP contribution in [0.2, 0.25) is 0 Å². The van der Waals surface area contributed by atoms with Crippen molar-refractivity contribution >= 4 is 52.6 Å². The van der Waals surface area contributed by atoms with E-state index in [-0.39, 0.29) is 38.1 Å². The normalized spacial score (nSPS) is 17.1. The molecule has 0 saturated heterocycles. The van der Waals surface area contributed by atoms with E-state index in [9.17, 15) is 21.4 Å². The zero-order valence-corrected chi connectivity index (χ0v) is 24.8. The van der Waals surface area contributed by atoms with Crippen LogP contribution in [0.5, 0.6) is 5.75 Å². The summed E-state index contributed by atoms with van der Waals surface area (Å²) < 4.78 is 71.2. The molecule has 0 heterocycles. The maximum Gasteiger partial charge on any atom is 0.339 e. The molecule has 2 saturated carbocycles. The lowest BCUT2D eigenvalue weighted by atomic mass is 9.86. The molecule has 2 aliphatic rings. The molecule has 5 aromatic carbocycles. The van der Waals surface area contributed by atoms with Crippen LogP contribution >= 0.6 is 0 Å². The lowest BCUT2D eigenvalue weighted by Crippen LogP contribution is -2.18. The molecule has 2 fully saturated rings. The van der Waals surface area contributed by atoms with Gasteiger partial charge in [-0.2, -0.15) is 16.8 Å². The van der Waals surface area contributed by atoms with Crippen molar-refractivity contribution in [3.63, 3.8) is 0 Å². The maximum atomic E-state index is 14.8. The third-order valence-electron chi connectivity index (χ3n) is 9.16. The van der Waals surface area contributed by atoms with Crippen molar-refractivity contribution in [1.82, 2.24) is 0 Å². The van der Waals surface area contributed by atoms with Crippen LogP contribution in [0.1, 0.15) is 74.3 Å². The van der Waals surface area contributed by atoms with Crippen molar-refractivity contribution in [2.45, 2.75) is 73.0 Å². The van der Waals surface area contributed by atoms with Gasteiger partial charge in [-0.05, 0) is 65.5 Å². The fourth-order valence-corrected chi connectivity index (χ4v) is 9.84. The minimum atomic E-state index is -4.63. The molecule has 1 N–H and O–H groups in total. The van der Waals surface area contributed by atoms with E-state index in [0.29, 0.717) is 10.8 Å². The van der Waals surface area contributed by atoms with Gasteiger partial charge in [0.15, 0.2) is 5.75 Å². The van der Waals surface area contributed by atoms with E-state index in [1.54, 1.807) is 48.5 Å². The van der Waals surface area contributed by atoms with Crippen molar-refractivity contribution in [3.8, 4) is 5.75 Å². The highest BCUT2D eigenvalue weighted by molar-refractivity contribution is 7.87. The summed E-state index contributed by atoms with van der Waals surface area (Å²) in [6, 6.07) is 23.2. The van der Waals surface area contributed by atoms with Crippen LogP contribution in [0.25, 0.3) is 32.3 Å². The molecule has 42 heavy (non-hydrogen) atoms. The summed E-state index contributed by atoms with van der Waals surface area (Å²) in [4.78, 5) is 0.0226. The van der Waals surface area contributed by atoms with Crippen molar-refractivity contribution in [2.75, 3.05) is 0 Å². The Balaban J connectivity index is 1.53. The van der Waals surface area contributed by atoms with E-state index < -0.39 is 20.2 Å². The fraction of sp³-hybridized carbons (Fsp3) is 0.294. The summed E-state index contributed by atoms with van der Waals surface area (Å²) in [7, 11) is -9.02. The molecular formula is C34H32O6S2. The van der Waals surface area contributed by atoms with Gasteiger partial charge in [-0.1, -0.05) is 98.5 Å². The molecule has 0 spiro atoms.